The van der Waals surface area contributed by atoms with Crippen molar-refractivity contribution < 1.29 is 59.1 Å². The number of nitrogens with zero attached hydrogens (tertiary/aromatic N) is 2. The van der Waals surface area contributed by atoms with Crippen LogP contribution in [-0.4, -0.2) is 11.4 Å². The molecule has 0 spiro atoms. The molecule has 0 aromatic rings. The van der Waals surface area contributed by atoms with Crippen molar-refractivity contribution in [3.63, 3.8) is 0 Å². The van der Waals surface area contributed by atoms with Gasteiger partial charge in [0.15, 0.2) is 0 Å². The molecule has 0 saturated heterocycles. The summed E-state index contributed by atoms with van der Waals surface area (Å²) in [5, 5.41) is 26.1. The number of rotatable bonds is 0. The van der Waals surface area contributed by atoms with Gasteiger partial charge in [0.25, 0.3) is 0 Å². The first kappa shape index (κ1) is 16.8. The Morgan fingerprint density at radius 2 is 1.14 bits per heavy atom. The summed E-state index contributed by atoms with van der Waals surface area (Å²) >= 11 is 0. The van der Waals surface area contributed by atoms with Crippen LogP contribution in [0.3, 0.4) is 0 Å². The second-order valence-electron chi connectivity index (χ2n) is 2.61. The van der Waals surface area contributed by atoms with Gasteiger partial charge >= 0.3 is 59.1 Å². The minimum absolute atomic E-state index is 0. The Kier molecular flexibility index (Phi) is 9.23. The minimum Gasteiger partial charge on any atom is -0.792 e. The Balaban J connectivity index is 0. The fourth-order valence-electron chi connectivity index (χ4n) is 0.982. The van der Waals surface area contributed by atoms with Gasteiger partial charge in [0, 0.05) is 0 Å². The van der Waals surface area contributed by atoms with Crippen LogP contribution in [0.15, 0.2) is 33.6 Å². The smallest absolute Gasteiger partial charge is 0.792 e. The zero-order valence-corrected chi connectivity index (χ0v) is 12.9. The van der Waals surface area contributed by atoms with E-state index in [1.165, 1.54) is 0 Å². The summed E-state index contributed by atoms with van der Waals surface area (Å²) < 4.78 is 0. The molecule has 0 heterocycles. The number of hydrogen-bond acceptors (Lipinski definition) is 4. The predicted molar refractivity (Wildman–Crippen MR) is 49.1 cm³/mol. The quantitative estimate of drug-likeness (QED) is 0.231. The summed E-state index contributed by atoms with van der Waals surface area (Å²) in [6.45, 7) is 3.43. The van der Waals surface area contributed by atoms with Crippen molar-refractivity contribution >= 4 is 11.4 Å². The molecule has 0 fully saturated rings. The molecule has 0 bridgehead atoms. The molecule has 1 aliphatic carbocycles. The normalized spacial score (nSPS) is 20.7. The largest absolute Gasteiger partial charge is 1.00 e. The Labute approximate surface area is 127 Å². The summed E-state index contributed by atoms with van der Waals surface area (Å²) in [7, 11) is 0. The van der Waals surface area contributed by atoms with E-state index in [9.17, 15) is 10.4 Å². The first-order valence-electron chi connectivity index (χ1n) is 3.47. The maximum atomic E-state index is 10.2. The average molecular weight is 210 g/mol. The first-order chi connectivity index (χ1) is 5.69. The molecule has 0 amide bonds. The fraction of sp³-hybridized carbons (Fsp3) is 0.250. The molecule has 4 nitrogen and oxygen atoms in total. The molecule has 64 valence electrons. The molecule has 0 unspecified atom stereocenters. The number of allylic oxidation sites excluding steroid dienone is 4. The van der Waals surface area contributed by atoms with Crippen molar-refractivity contribution in [2.45, 2.75) is 13.8 Å². The van der Waals surface area contributed by atoms with Gasteiger partial charge in [-0.1, -0.05) is 0 Å². The van der Waals surface area contributed by atoms with Gasteiger partial charge in [-0.25, -0.2) is 0 Å². The van der Waals surface area contributed by atoms with Gasteiger partial charge in [-0.15, -0.1) is 0 Å². The molecule has 0 aliphatic heterocycles. The van der Waals surface area contributed by atoms with Crippen molar-refractivity contribution in [2.24, 2.45) is 10.3 Å². The van der Waals surface area contributed by atoms with Gasteiger partial charge in [-0.05, 0) is 37.1 Å². The van der Waals surface area contributed by atoms with E-state index in [-0.39, 0.29) is 59.1 Å². The maximum Gasteiger partial charge on any atom is 1.00 e. The van der Waals surface area contributed by atoms with E-state index in [4.69, 9.17) is 0 Å². The Hall–Kier alpha value is 0.420. The Morgan fingerprint density at radius 3 is 1.36 bits per heavy atom. The Morgan fingerprint density at radius 1 is 0.857 bits per heavy atom. The van der Waals surface area contributed by atoms with Crippen LogP contribution in [0.2, 0.25) is 0 Å². The molecule has 1 rings (SSSR count). The van der Waals surface area contributed by atoms with E-state index in [2.05, 4.69) is 10.3 Å². The topological polar surface area (TPSA) is 70.8 Å². The summed E-state index contributed by atoms with van der Waals surface area (Å²) in [5.74, 6) is 0. The van der Waals surface area contributed by atoms with Crippen LogP contribution in [-0.2, 0) is 0 Å². The van der Waals surface area contributed by atoms with E-state index >= 15 is 0 Å². The van der Waals surface area contributed by atoms with E-state index in [1.54, 1.807) is 26.0 Å². The molecular formula is C8H8N2Na2O2. The third kappa shape index (κ3) is 3.88. The van der Waals surface area contributed by atoms with Gasteiger partial charge in [-0.3, -0.25) is 0 Å². The summed E-state index contributed by atoms with van der Waals surface area (Å²) in [5.41, 5.74) is 2.07. The van der Waals surface area contributed by atoms with E-state index in [0.717, 1.165) is 0 Å². The molecule has 6 heteroatoms. The minimum atomic E-state index is 0. The molecule has 0 saturated carbocycles. The summed E-state index contributed by atoms with van der Waals surface area (Å²) in [6, 6.07) is 0. The second kappa shape index (κ2) is 7.68. The monoisotopic (exact) mass is 210 g/mol. The van der Waals surface area contributed by atoms with Crippen LogP contribution in [0.5, 0.6) is 0 Å². The van der Waals surface area contributed by atoms with Crippen molar-refractivity contribution in [1.82, 2.24) is 0 Å². The van der Waals surface area contributed by atoms with Crippen LogP contribution < -0.4 is 59.1 Å². The van der Waals surface area contributed by atoms with Crippen LogP contribution in [0.1, 0.15) is 13.8 Å². The molecule has 14 heavy (non-hydrogen) atoms. The van der Waals surface area contributed by atoms with E-state index in [0.29, 0.717) is 22.6 Å². The summed E-state index contributed by atoms with van der Waals surface area (Å²) in [4.78, 5) is 0. The van der Waals surface area contributed by atoms with Crippen molar-refractivity contribution in [3.05, 3.63) is 33.7 Å². The van der Waals surface area contributed by atoms with Gasteiger partial charge in [-0.2, -0.15) is 0 Å². The molecular weight excluding hydrogens is 202 g/mol. The average Bonchev–Trinajstić information content (AvgIpc) is 2.08. The molecule has 0 radical (unpaired) electrons. The molecule has 0 N–H and O–H groups in total. The molecule has 0 aromatic carbocycles. The SMILES string of the molecule is CC1=CC(=N/[O-])/C(C)=CC/1=N/[O-].[Na+].[Na+]. The molecule has 1 aliphatic rings. The van der Waals surface area contributed by atoms with Crippen LogP contribution in [0, 0.1) is 10.4 Å². The maximum absolute atomic E-state index is 10.2. The van der Waals surface area contributed by atoms with Crippen molar-refractivity contribution in [2.75, 3.05) is 0 Å². The van der Waals surface area contributed by atoms with Crippen LogP contribution in [0.4, 0.5) is 0 Å². The van der Waals surface area contributed by atoms with Gasteiger partial charge in [0.05, 0.1) is 11.4 Å². The summed E-state index contributed by atoms with van der Waals surface area (Å²) in [6.07, 6.45) is 3.11. The third-order valence-electron chi connectivity index (χ3n) is 1.71. The van der Waals surface area contributed by atoms with Gasteiger partial charge < -0.3 is 20.7 Å². The molecule has 0 atom stereocenters. The van der Waals surface area contributed by atoms with Crippen LogP contribution in [0.25, 0.3) is 0 Å². The number of hydrogen-bond donors (Lipinski definition) is 0. The van der Waals surface area contributed by atoms with Gasteiger partial charge in [0.2, 0.25) is 0 Å². The fourth-order valence-corrected chi connectivity index (χ4v) is 0.982. The second-order valence-corrected chi connectivity index (χ2v) is 2.61. The van der Waals surface area contributed by atoms with E-state index in [1.807, 2.05) is 0 Å². The zero-order chi connectivity index (χ0) is 9.14. The predicted octanol–water partition coefficient (Wildman–Crippen LogP) is -4.22. The standard InChI is InChI=1S/C8H10N2O2.2Na/c1-5-3-8(10-12)6(2)4-7(5)9-11;;/h3-4,11-12H,1-2H3;;/q;2*+1/p-2/b9-7-,10-8-;;. The van der Waals surface area contributed by atoms with Crippen LogP contribution >= 0.6 is 0 Å². The van der Waals surface area contributed by atoms with Crippen molar-refractivity contribution in [1.29, 1.82) is 0 Å². The zero-order valence-electron chi connectivity index (χ0n) is 8.87. The first-order valence-corrected chi connectivity index (χ1v) is 3.47. The third-order valence-corrected chi connectivity index (χ3v) is 1.71. The van der Waals surface area contributed by atoms with E-state index < -0.39 is 0 Å². The Bertz CT molecular complexity index is 287. The van der Waals surface area contributed by atoms with Crippen molar-refractivity contribution in [3.8, 4) is 0 Å². The molecule has 0 aromatic heterocycles. The van der Waals surface area contributed by atoms with Gasteiger partial charge in [0.1, 0.15) is 0 Å².